The number of ether oxygens (including phenoxy) is 2. The van der Waals surface area contributed by atoms with Crippen molar-refractivity contribution in [2.24, 2.45) is 0 Å². The number of nitrogens with one attached hydrogen (secondary N) is 1. The fraction of sp³-hybridized carbons (Fsp3) is 0.0455. The number of halogens is 2. The Labute approximate surface area is 179 Å². The maximum Gasteiger partial charge on any atom is 0.256 e. The van der Waals surface area contributed by atoms with Crippen LogP contribution in [-0.4, -0.2) is 13.0 Å². The van der Waals surface area contributed by atoms with Crippen LogP contribution in [0.2, 0.25) is 0 Å². The molecule has 0 fully saturated rings. The van der Waals surface area contributed by atoms with E-state index in [0.717, 1.165) is 31.5 Å². The topological polar surface area (TPSA) is 47.6 Å². The van der Waals surface area contributed by atoms with Crippen LogP contribution in [-0.2, 0) is 4.79 Å². The minimum Gasteiger partial charge on any atom is -0.497 e. The van der Waals surface area contributed by atoms with Crippen LogP contribution in [0.5, 0.6) is 17.2 Å². The van der Waals surface area contributed by atoms with Crippen LogP contribution in [0.15, 0.2) is 69.6 Å². The van der Waals surface area contributed by atoms with Crippen LogP contribution >= 0.6 is 31.9 Å². The van der Waals surface area contributed by atoms with Crippen LogP contribution in [0, 0.1) is 0 Å². The van der Waals surface area contributed by atoms with Crippen molar-refractivity contribution in [2.75, 3.05) is 12.4 Å². The molecule has 0 radical (unpaired) electrons. The van der Waals surface area contributed by atoms with Gasteiger partial charge in [0.1, 0.15) is 17.2 Å². The number of rotatable bonds is 4. The van der Waals surface area contributed by atoms with Crippen LogP contribution in [0.25, 0.3) is 11.6 Å². The van der Waals surface area contributed by atoms with Gasteiger partial charge in [-0.1, -0.05) is 28.1 Å². The summed E-state index contributed by atoms with van der Waals surface area (Å²) in [6.07, 6.45) is 1.86. The van der Waals surface area contributed by atoms with Gasteiger partial charge < -0.3 is 14.8 Å². The van der Waals surface area contributed by atoms with Gasteiger partial charge in [0.2, 0.25) is 0 Å². The lowest BCUT2D eigenvalue weighted by atomic mass is 10.0. The number of carbonyl (C=O) groups excluding carboxylic acids is 1. The lowest BCUT2D eigenvalue weighted by Gasteiger charge is -2.08. The standard InChI is InChI=1S/C22H15Br2NO3/c1-27-15-5-7-16(8-6-15)28-17-4-2-3-13(9-17)10-19-18-11-14(23)12-20(24)21(18)25-22(19)26/h2-12H,1H3,(H,25,26). The van der Waals surface area contributed by atoms with Crippen LogP contribution in [0.3, 0.4) is 0 Å². The molecule has 0 aliphatic carbocycles. The molecule has 4 rings (SSSR count). The van der Waals surface area contributed by atoms with Gasteiger partial charge in [-0.25, -0.2) is 0 Å². The molecule has 4 nitrogen and oxygen atoms in total. The van der Waals surface area contributed by atoms with E-state index < -0.39 is 0 Å². The van der Waals surface area contributed by atoms with Crippen molar-refractivity contribution in [3.05, 3.63) is 80.7 Å². The first-order valence-corrected chi connectivity index (χ1v) is 10.1. The van der Waals surface area contributed by atoms with Gasteiger partial charge in [0.15, 0.2) is 0 Å². The highest BCUT2D eigenvalue weighted by Crippen LogP contribution is 2.40. The van der Waals surface area contributed by atoms with E-state index in [9.17, 15) is 4.79 Å². The van der Waals surface area contributed by atoms with Crippen LogP contribution in [0.4, 0.5) is 5.69 Å². The molecule has 0 spiro atoms. The third-order valence-electron chi connectivity index (χ3n) is 4.29. The number of hydrogen-bond acceptors (Lipinski definition) is 3. The molecule has 0 unspecified atom stereocenters. The maximum absolute atomic E-state index is 12.5. The SMILES string of the molecule is COc1ccc(Oc2cccc(C=C3C(=O)Nc4c(Br)cc(Br)cc43)c2)cc1. The van der Waals surface area contributed by atoms with Gasteiger partial charge in [-0.15, -0.1) is 0 Å². The Kier molecular flexibility index (Phi) is 5.24. The molecule has 0 saturated heterocycles. The van der Waals surface area contributed by atoms with Crippen molar-refractivity contribution >= 4 is 55.1 Å². The summed E-state index contributed by atoms with van der Waals surface area (Å²) in [7, 11) is 1.63. The van der Waals surface area contributed by atoms with Gasteiger partial charge >= 0.3 is 0 Å². The van der Waals surface area contributed by atoms with Gasteiger partial charge in [-0.2, -0.15) is 0 Å². The summed E-state index contributed by atoms with van der Waals surface area (Å²) in [6, 6.07) is 18.8. The highest BCUT2D eigenvalue weighted by molar-refractivity contribution is 9.11. The molecule has 28 heavy (non-hydrogen) atoms. The van der Waals surface area contributed by atoms with E-state index >= 15 is 0 Å². The lowest BCUT2D eigenvalue weighted by molar-refractivity contribution is -0.110. The number of anilines is 1. The van der Waals surface area contributed by atoms with Gasteiger partial charge in [-0.05, 0) is 76.1 Å². The molecule has 0 atom stereocenters. The molecular formula is C22H15Br2NO3. The van der Waals surface area contributed by atoms with E-state index in [2.05, 4.69) is 37.2 Å². The predicted molar refractivity (Wildman–Crippen MR) is 118 cm³/mol. The first-order valence-electron chi connectivity index (χ1n) is 8.48. The normalized spacial score (nSPS) is 14.0. The maximum atomic E-state index is 12.5. The van der Waals surface area contributed by atoms with E-state index in [1.165, 1.54) is 0 Å². The summed E-state index contributed by atoms with van der Waals surface area (Å²) >= 11 is 6.98. The zero-order chi connectivity index (χ0) is 19.7. The van der Waals surface area contributed by atoms with Crippen LogP contribution in [0.1, 0.15) is 11.1 Å². The average Bonchev–Trinajstić information content (AvgIpc) is 2.99. The quantitative estimate of drug-likeness (QED) is 0.415. The van der Waals surface area contributed by atoms with Gasteiger partial charge in [-0.3, -0.25) is 4.79 Å². The minimum absolute atomic E-state index is 0.129. The van der Waals surface area contributed by atoms with Crippen LogP contribution < -0.4 is 14.8 Å². The largest absolute Gasteiger partial charge is 0.497 e. The molecule has 1 N–H and O–H groups in total. The number of fused-ring (bicyclic) bond motifs is 1. The second-order valence-corrected chi connectivity index (χ2v) is 7.94. The lowest BCUT2D eigenvalue weighted by Crippen LogP contribution is -2.03. The number of benzene rings is 3. The van der Waals surface area contributed by atoms with Crippen molar-refractivity contribution in [3.8, 4) is 17.2 Å². The molecular weight excluding hydrogens is 486 g/mol. The van der Waals surface area contributed by atoms with Crippen molar-refractivity contribution in [1.29, 1.82) is 0 Å². The summed E-state index contributed by atoms with van der Waals surface area (Å²) in [5, 5.41) is 2.91. The first-order chi connectivity index (χ1) is 13.5. The van der Waals surface area contributed by atoms with Gasteiger partial charge in [0, 0.05) is 20.1 Å². The highest BCUT2D eigenvalue weighted by atomic mass is 79.9. The summed E-state index contributed by atoms with van der Waals surface area (Å²) in [4.78, 5) is 12.5. The summed E-state index contributed by atoms with van der Waals surface area (Å²) in [5.41, 5.74) is 3.12. The Morgan fingerprint density at radius 3 is 2.43 bits per heavy atom. The molecule has 6 heteroatoms. The van der Waals surface area contributed by atoms with E-state index in [1.807, 2.05) is 66.7 Å². The molecule has 3 aromatic rings. The number of carbonyl (C=O) groups is 1. The van der Waals surface area contributed by atoms with Crippen molar-refractivity contribution < 1.29 is 14.3 Å². The summed E-state index contributed by atoms with van der Waals surface area (Å²) in [6.45, 7) is 0. The molecule has 1 aliphatic heterocycles. The monoisotopic (exact) mass is 499 g/mol. The highest BCUT2D eigenvalue weighted by Gasteiger charge is 2.26. The molecule has 1 amide bonds. The van der Waals surface area contributed by atoms with E-state index in [4.69, 9.17) is 9.47 Å². The number of methoxy groups -OCH3 is 1. The Bertz CT molecular complexity index is 1090. The van der Waals surface area contributed by atoms with E-state index in [-0.39, 0.29) is 5.91 Å². The molecule has 3 aromatic carbocycles. The van der Waals surface area contributed by atoms with Crippen molar-refractivity contribution in [1.82, 2.24) is 0 Å². The second-order valence-electron chi connectivity index (χ2n) is 6.17. The molecule has 0 bridgehead atoms. The Balaban J connectivity index is 1.64. The van der Waals surface area contributed by atoms with Crippen molar-refractivity contribution in [2.45, 2.75) is 0 Å². The average molecular weight is 501 g/mol. The second kappa shape index (κ2) is 7.81. The van der Waals surface area contributed by atoms with Gasteiger partial charge in [0.05, 0.1) is 12.8 Å². The van der Waals surface area contributed by atoms with E-state index in [1.54, 1.807) is 7.11 Å². The summed E-state index contributed by atoms with van der Waals surface area (Å²) < 4.78 is 12.8. The molecule has 140 valence electrons. The number of amides is 1. The molecule has 0 aromatic heterocycles. The zero-order valence-corrected chi connectivity index (χ0v) is 18.0. The Hall–Kier alpha value is -2.57. The minimum atomic E-state index is -0.129. The van der Waals surface area contributed by atoms with Crippen molar-refractivity contribution in [3.63, 3.8) is 0 Å². The third kappa shape index (κ3) is 3.84. The number of hydrogen-bond donors (Lipinski definition) is 1. The Morgan fingerprint density at radius 1 is 0.929 bits per heavy atom. The smallest absolute Gasteiger partial charge is 0.256 e. The fourth-order valence-corrected chi connectivity index (χ4v) is 4.30. The fourth-order valence-electron chi connectivity index (χ4n) is 2.97. The summed E-state index contributed by atoms with van der Waals surface area (Å²) in [5.74, 6) is 2.04. The first kappa shape index (κ1) is 18.8. The van der Waals surface area contributed by atoms with Gasteiger partial charge in [0.25, 0.3) is 5.91 Å². The molecule has 0 saturated carbocycles. The predicted octanol–water partition coefficient (Wildman–Crippen LogP) is 6.51. The Morgan fingerprint density at radius 2 is 1.68 bits per heavy atom. The third-order valence-corrected chi connectivity index (χ3v) is 5.38. The molecule has 1 heterocycles. The molecule has 1 aliphatic rings. The zero-order valence-electron chi connectivity index (χ0n) is 14.8. The van der Waals surface area contributed by atoms with E-state index in [0.29, 0.717) is 17.1 Å².